The number of benzene rings is 1. The molecule has 1 unspecified atom stereocenters. The molecule has 1 aromatic carbocycles. The largest absolute Gasteiger partial charge is 0.454 e. The summed E-state index contributed by atoms with van der Waals surface area (Å²) >= 11 is 1.33. The number of thiophene rings is 1. The number of primary amides is 1. The SMILES string of the molecule is CC(C)C(NC(=O)c1ccc(C(C)(C)C)cc1)C(=O)OCC(=O)Nc1sc2c(c1C(N)=O)CCC2. The van der Waals surface area contributed by atoms with E-state index in [1.54, 1.807) is 26.0 Å². The number of hydrogen-bond donors (Lipinski definition) is 3. The fraction of sp³-hybridized carbons (Fsp3) is 0.462. The predicted octanol–water partition coefficient (Wildman–Crippen LogP) is 3.57. The number of rotatable bonds is 8. The number of anilines is 1. The summed E-state index contributed by atoms with van der Waals surface area (Å²) in [6.45, 7) is 9.27. The Kier molecular flexibility index (Phi) is 8.00. The zero-order valence-electron chi connectivity index (χ0n) is 20.8. The molecule has 1 heterocycles. The van der Waals surface area contributed by atoms with Crippen LogP contribution in [-0.2, 0) is 32.6 Å². The van der Waals surface area contributed by atoms with Crippen LogP contribution in [0.15, 0.2) is 24.3 Å². The Morgan fingerprint density at radius 3 is 2.31 bits per heavy atom. The van der Waals surface area contributed by atoms with Gasteiger partial charge in [-0.25, -0.2) is 4.79 Å². The number of nitrogens with one attached hydrogen (secondary N) is 2. The van der Waals surface area contributed by atoms with E-state index in [4.69, 9.17) is 10.5 Å². The van der Waals surface area contributed by atoms with E-state index in [2.05, 4.69) is 31.4 Å². The molecule has 3 amide bonds. The highest BCUT2D eigenvalue weighted by atomic mass is 32.1. The number of esters is 1. The summed E-state index contributed by atoms with van der Waals surface area (Å²) in [5.41, 5.74) is 8.24. The molecular weight excluding hydrogens is 466 g/mol. The van der Waals surface area contributed by atoms with E-state index in [0.29, 0.717) is 16.1 Å². The second kappa shape index (κ2) is 10.6. The minimum absolute atomic E-state index is 0.0404. The molecule has 0 aliphatic heterocycles. The molecule has 0 fully saturated rings. The minimum Gasteiger partial charge on any atom is -0.454 e. The normalized spacial score (nSPS) is 13.8. The van der Waals surface area contributed by atoms with Gasteiger partial charge in [-0.2, -0.15) is 0 Å². The quantitative estimate of drug-likeness (QED) is 0.479. The molecule has 3 rings (SSSR count). The number of ether oxygens (including phenoxy) is 1. The molecule has 0 radical (unpaired) electrons. The van der Waals surface area contributed by atoms with Crippen LogP contribution in [0.25, 0.3) is 0 Å². The molecule has 8 nitrogen and oxygen atoms in total. The maximum absolute atomic E-state index is 12.7. The van der Waals surface area contributed by atoms with Crippen molar-refractivity contribution in [3.63, 3.8) is 0 Å². The highest BCUT2D eigenvalue weighted by molar-refractivity contribution is 7.17. The van der Waals surface area contributed by atoms with Crippen molar-refractivity contribution < 1.29 is 23.9 Å². The summed E-state index contributed by atoms with van der Waals surface area (Å²) in [4.78, 5) is 50.8. The van der Waals surface area contributed by atoms with E-state index >= 15 is 0 Å². The molecule has 35 heavy (non-hydrogen) atoms. The first kappa shape index (κ1) is 26.4. The van der Waals surface area contributed by atoms with Gasteiger partial charge in [-0.15, -0.1) is 11.3 Å². The van der Waals surface area contributed by atoms with E-state index in [-0.39, 0.29) is 11.3 Å². The number of nitrogens with two attached hydrogens (primary N) is 1. The lowest BCUT2D eigenvalue weighted by Crippen LogP contribution is -2.46. The van der Waals surface area contributed by atoms with Crippen LogP contribution in [0.1, 0.15) is 77.8 Å². The number of aryl methyl sites for hydroxylation is 1. The molecular formula is C26H33N3O5S. The van der Waals surface area contributed by atoms with Crippen molar-refractivity contribution in [2.24, 2.45) is 11.7 Å². The second-order valence-electron chi connectivity index (χ2n) is 10.1. The monoisotopic (exact) mass is 499 g/mol. The summed E-state index contributed by atoms with van der Waals surface area (Å²) in [6, 6.07) is 6.30. The first-order valence-electron chi connectivity index (χ1n) is 11.7. The van der Waals surface area contributed by atoms with Crippen molar-refractivity contribution in [1.82, 2.24) is 5.32 Å². The summed E-state index contributed by atoms with van der Waals surface area (Å²) in [5, 5.41) is 5.74. The van der Waals surface area contributed by atoms with Crippen LogP contribution in [0.3, 0.4) is 0 Å². The number of fused-ring (bicyclic) bond motifs is 1. The number of amides is 3. The maximum Gasteiger partial charge on any atom is 0.329 e. The smallest absolute Gasteiger partial charge is 0.329 e. The lowest BCUT2D eigenvalue weighted by atomic mass is 9.86. The molecule has 0 saturated carbocycles. The van der Waals surface area contributed by atoms with Gasteiger partial charge in [0.1, 0.15) is 11.0 Å². The standard InChI is InChI=1S/C26H33N3O5S/c1-14(2)21(29-23(32)15-9-11-16(12-10-15)26(3,4)5)25(33)34-13-19(30)28-24-20(22(27)31)17-7-6-8-18(17)35-24/h9-12,14,21H,6-8,13H2,1-5H3,(H2,27,31)(H,28,30)(H,29,32). The Labute approximate surface area is 209 Å². The van der Waals surface area contributed by atoms with Crippen LogP contribution in [-0.4, -0.2) is 36.3 Å². The lowest BCUT2D eigenvalue weighted by molar-refractivity contribution is -0.150. The van der Waals surface area contributed by atoms with E-state index in [0.717, 1.165) is 35.3 Å². The zero-order chi connectivity index (χ0) is 25.9. The Morgan fingerprint density at radius 1 is 1.09 bits per heavy atom. The van der Waals surface area contributed by atoms with Gasteiger partial charge in [0.15, 0.2) is 6.61 Å². The van der Waals surface area contributed by atoms with E-state index in [9.17, 15) is 19.2 Å². The third kappa shape index (κ3) is 6.28. The maximum atomic E-state index is 12.7. The average Bonchev–Trinajstić information content (AvgIpc) is 3.35. The molecule has 188 valence electrons. The third-order valence-electron chi connectivity index (χ3n) is 5.99. The van der Waals surface area contributed by atoms with Crippen molar-refractivity contribution in [2.45, 2.75) is 65.3 Å². The minimum atomic E-state index is -0.927. The zero-order valence-corrected chi connectivity index (χ0v) is 21.6. The van der Waals surface area contributed by atoms with E-state index in [1.807, 2.05) is 12.1 Å². The van der Waals surface area contributed by atoms with E-state index < -0.39 is 36.3 Å². The van der Waals surface area contributed by atoms with Crippen LogP contribution in [0, 0.1) is 5.92 Å². The topological polar surface area (TPSA) is 128 Å². The number of carbonyl (C=O) groups is 4. The molecule has 2 aromatic rings. The van der Waals surface area contributed by atoms with Crippen molar-refractivity contribution in [3.05, 3.63) is 51.4 Å². The summed E-state index contributed by atoms with van der Waals surface area (Å²) in [7, 11) is 0. The molecule has 1 atom stereocenters. The number of carbonyl (C=O) groups excluding carboxylic acids is 4. The molecule has 1 aliphatic rings. The lowest BCUT2D eigenvalue weighted by Gasteiger charge is -2.22. The van der Waals surface area contributed by atoms with E-state index in [1.165, 1.54) is 11.3 Å². The summed E-state index contributed by atoms with van der Waals surface area (Å²) in [6.07, 6.45) is 2.56. The van der Waals surface area contributed by atoms with Gasteiger partial charge < -0.3 is 21.1 Å². The molecule has 0 bridgehead atoms. The molecule has 1 aliphatic carbocycles. The van der Waals surface area contributed by atoms with Crippen LogP contribution < -0.4 is 16.4 Å². The molecule has 0 spiro atoms. The van der Waals surface area contributed by atoms with Crippen molar-refractivity contribution in [2.75, 3.05) is 11.9 Å². The second-order valence-corrected chi connectivity index (χ2v) is 11.2. The van der Waals surface area contributed by atoms with Gasteiger partial charge in [-0.05, 0) is 53.9 Å². The van der Waals surface area contributed by atoms with Crippen molar-refractivity contribution in [3.8, 4) is 0 Å². The van der Waals surface area contributed by atoms with Crippen LogP contribution >= 0.6 is 11.3 Å². The van der Waals surface area contributed by atoms with Crippen LogP contribution in [0.4, 0.5) is 5.00 Å². The molecule has 9 heteroatoms. The molecule has 1 aromatic heterocycles. The van der Waals surface area contributed by atoms with Gasteiger partial charge in [0, 0.05) is 10.4 Å². The highest BCUT2D eigenvalue weighted by Crippen LogP contribution is 2.38. The van der Waals surface area contributed by atoms with Gasteiger partial charge in [0.25, 0.3) is 17.7 Å². The van der Waals surface area contributed by atoms with Crippen molar-refractivity contribution >= 4 is 40.0 Å². The Balaban J connectivity index is 1.60. The van der Waals surface area contributed by atoms with Gasteiger partial charge in [0.05, 0.1) is 5.56 Å². The molecule has 0 saturated heterocycles. The number of hydrogen-bond acceptors (Lipinski definition) is 6. The predicted molar refractivity (Wildman–Crippen MR) is 136 cm³/mol. The molecule has 4 N–H and O–H groups in total. The summed E-state index contributed by atoms with van der Waals surface area (Å²) in [5.74, 6) is -2.53. The van der Waals surface area contributed by atoms with Crippen LogP contribution in [0.2, 0.25) is 0 Å². The highest BCUT2D eigenvalue weighted by Gasteiger charge is 2.29. The van der Waals surface area contributed by atoms with Gasteiger partial charge in [-0.3, -0.25) is 14.4 Å². The first-order valence-corrected chi connectivity index (χ1v) is 12.5. The Hall–Kier alpha value is -3.20. The Bertz CT molecular complexity index is 1130. The third-order valence-corrected chi connectivity index (χ3v) is 7.19. The summed E-state index contributed by atoms with van der Waals surface area (Å²) < 4.78 is 5.20. The fourth-order valence-corrected chi connectivity index (χ4v) is 5.30. The van der Waals surface area contributed by atoms with Gasteiger partial charge >= 0.3 is 5.97 Å². The Morgan fingerprint density at radius 2 is 1.74 bits per heavy atom. The van der Waals surface area contributed by atoms with Gasteiger partial charge in [-0.1, -0.05) is 46.8 Å². The first-order chi connectivity index (χ1) is 16.4. The fourth-order valence-electron chi connectivity index (χ4n) is 3.99. The van der Waals surface area contributed by atoms with Crippen LogP contribution in [0.5, 0.6) is 0 Å². The van der Waals surface area contributed by atoms with Crippen molar-refractivity contribution in [1.29, 1.82) is 0 Å². The van der Waals surface area contributed by atoms with Gasteiger partial charge in [0.2, 0.25) is 0 Å². The average molecular weight is 500 g/mol.